The molecule has 0 saturated carbocycles. The molecule has 0 aromatic heterocycles. The van der Waals surface area contributed by atoms with Crippen LogP contribution in [0.15, 0.2) is 18.2 Å². The Labute approximate surface area is 101 Å². The third kappa shape index (κ3) is 3.80. The molecule has 0 fully saturated rings. The van der Waals surface area contributed by atoms with Crippen LogP contribution in [0.25, 0.3) is 0 Å². The molecule has 1 rings (SSSR count). The van der Waals surface area contributed by atoms with E-state index in [2.05, 4.69) is 4.74 Å². The van der Waals surface area contributed by atoms with Crippen LogP contribution < -0.4 is 4.74 Å². The molecule has 0 aliphatic carbocycles. The maximum Gasteiger partial charge on any atom is 0.573 e. The number of carbonyl (C=O) groups excluding carboxylic acids is 1. The van der Waals surface area contributed by atoms with Crippen LogP contribution in [0.3, 0.4) is 0 Å². The fraction of sp³-hybridized carbons (Fsp3) is 0.222. The minimum Gasteiger partial charge on any atom is -0.406 e. The monoisotopic (exact) mass is 292 g/mol. The number of rotatable bonds is 2. The minimum absolute atomic E-state index is 0.0586. The smallest absolute Gasteiger partial charge is 0.406 e. The molecule has 1 aromatic rings. The summed E-state index contributed by atoms with van der Waals surface area (Å²) in [6.07, 6.45) is -10.2. The molecule has 18 heavy (non-hydrogen) atoms. The summed E-state index contributed by atoms with van der Waals surface area (Å²) in [5, 5.41) is -1.43. The lowest BCUT2D eigenvalue weighted by Gasteiger charge is -2.13. The van der Waals surface area contributed by atoms with Crippen molar-refractivity contribution in [3.05, 3.63) is 29.3 Å². The van der Waals surface area contributed by atoms with Crippen molar-refractivity contribution >= 4 is 16.8 Å². The van der Waals surface area contributed by atoms with E-state index < -0.39 is 34.7 Å². The van der Waals surface area contributed by atoms with Gasteiger partial charge in [0.1, 0.15) is 5.75 Å². The van der Waals surface area contributed by atoms with E-state index in [1.54, 1.807) is 0 Å². The second kappa shape index (κ2) is 4.68. The maximum atomic E-state index is 12.5. The zero-order valence-electron chi connectivity index (χ0n) is 8.19. The van der Waals surface area contributed by atoms with Crippen LogP contribution in [0, 0.1) is 0 Å². The minimum atomic E-state index is -5.13. The number of hydrogen-bond donors (Lipinski definition) is 0. The molecule has 0 heterocycles. The fourth-order valence-electron chi connectivity index (χ4n) is 1.13. The molecule has 0 spiro atoms. The molecular formula is C9H3ClF6O2. The lowest BCUT2D eigenvalue weighted by molar-refractivity contribution is -0.274. The van der Waals surface area contributed by atoms with Gasteiger partial charge in [-0.25, -0.2) is 0 Å². The first-order valence-corrected chi connectivity index (χ1v) is 4.55. The van der Waals surface area contributed by atoms with Gasteiger partial charge in [-0.1, -0.05) is 0 Å². The fourth-order valence-corrected chi connectivity index (χ4v) is 1.29. The maximum absolute atomic E-state index is 12.5. The molecule has 0 saturated heterocycles. The Morgan fingerprint density at radius 2 is 1.67 bits per heavy atom. The summed E-state index contributed by atoms with van der Waals surface area (Å²) in [7, 11) is 0. The van der Waals surface area contributed by atoms with E-state index in [9.17, 15) is 31.1 Å². The normalized spacial score (nSPS) is 12.4. The summed E-state index contributed by atoms with van der Waals surface area (Å²) < 4.78 is 76.2. The molecule has 0 aliphatic heterocycles. The summed E-state index contributed by atoms with van der Waals surface area (Å²) in [6, 6.07) is 1.14. The van der Waals surface area contributed by atoms with Gasteiger partial charge in [-0.15, -0.1) is 13.2 Å². The highest BCUT2D eigenvalue weighted by Crippen LogP contribution is 2.36. The molecule has 0 aliphatic rings. The van der Waals surface area contributed by atoms with Crippen LogP contribution in [0.5, 0.6) is 5.75 Å². The lowest BCUT2D eigenvalue weighted by atomic mass is 10.1. The first-order chi connectivity index (χ1) is 8.00. The first-order valence-electron chi connectivity index (χ1n) is 4.17. The van der Waals surface area contributed by atoms with Crippen molar-refractivity contribution in [2.45, 2.75) is 12.5 Å². The molecule has 0 atom stereocenters. The van der Waals surface area contributed by atoms with E-state index in [1.165, 1.54) is 0 Å². The van der Waals surface area contributed by atoms with Crippen molar-refractivity contribution < 1.29 is 35.9 Å². The summed E-state index contributed by atoms with van der Waals surface area (Å²) in [4.78, 5) is 10.7. The van der Waals surface area contributed by atoms with Crippen molar-refractivity contribution in [1.82, 2.24) is 0 Å². The molecule has 1 aromatic carbocycles. The molecule has 0 N–H and O–H groups in total. The van der Waals surface area contributed by atoms with Crippen LogP contribution in [-0.2, 0) is 6.18 Å². The summed E-state index contributed by atoms with van der Waals surface area (Å²) in [6.45, 7) is 0. The van der Waals surface area contributed by atoms with Gasteiger partial charge in [0.25, 0.3) is 5.24 Å². The van der Waals surface area contributed by atoms with Crippen molar-refractivity contribution in [3.8, 4) is 5.75 Å². The van der Waals surface area contributed by atoms with Crippen LogP contribution in [0.2, 0.25) is 0 Å². The highest BCUT2D eigenvalue weighted by atomic mass is 35.5. The van der Waals surface area contributed by atoms with E-state index >= 15 is 0 Å². The van der Waals surface area contributed by atoms with Gasteiger partial charge in [-0.05, 0) is 29.8 Å². The molecule has 2 nitrogen and oxygen atoms in total. The Hall–Kier alpha value is -1.44. The highest BCUT2D eigenvalue weighted by molar-refractivity contribution is 6.67. The van der Waals surface area contributed by atoms with E-state index in [1.807, 2.05) is 0 Å². The highest BCUT2D eigenvalue weighted by Gasteiger charge is 2.37. The number of alkyl halides is 6. The molecular weight excluding hydrogens is 290 g/mol. The largest absolute Gasteiger partial charge is 0.573 e. The van der Waals surface area contributed by atoms with Crippen molar-refractivity contribution in [3.63, 3.8) is 0 Å². The lowest BCUT2D eigenvalue weighted by Crippen LogP contribution is -2.18. The summed E-state index contributed by atoms with van der Waals surface area (Å²) in [5.74, 6) is -1.09. The van der Waals surface area contributed by atoms with E-state index in [-0.39, 0.29) is 6.07 Å². The molecule has 0 bridgehead atoms. The second-order valence-corrected chi connectivity index (χ2v) is 3.37. The van der Waals surface area contributed by atoms with E-state index in [4.69, 9.17) is 11.6 Å². The van der Waals surface area contributed by atoms with Crippen molar-refractivity contribution in [1.29, 1.82) is 0 Å². The van der Waals surface area contributed by atoms with Crippen LogP contribution >= 0.6 is 11.6 Å². The topological polar surface area (TPSA) is 26.3 Å². The molecule has 9 heteroatoms. The van der Waals surface area contributed by atoms with E-state index in [0.29, 0.717) is 12.1 Å². The van der Waals surface area contributed by atoms with E-state index in [0.717, 1.165) is 0 Å². The second-order valence-electron chi connectivity index (χ2n) is 3.03. The third-order valence-corrected chi connectivity index (χ3v) is 1.95. The third-order valence-electron chi connectivity index (χ3n) is 1.74. The molecule has 0 radical (unpaired) electrons. The average molecular weight is 293 g/mol. The number of hydrogen-bond acceptors (Lipinski definition) is 2. The van der Waals surface area contributed by atoms with Crippen LogP contribution in [-0.4, -0.2) is 11.6 Å². The van der Waals surface area contributed by atoms with Gasteiger partial charge in [0.15, 0.2) is 0 Å². The zero-order valence-corrected chi connectivity index (χ0v) is 8.95. The van der Waals surface area contributed by atoms with Gasteiger partial charge in [-0.2, -0.15) is 13.2 Å². The standard InChI is InChI=1S/C9H3ClF6O2/c10-7(17)5-2-1-4(18-9(14,15)16)3-6(5)8(11,12)13/h1-3H. The van der Waals surface area contributed by atoms with Crippen molar-refractivity contribution in [2.24, 2.45) is 0 Å². The molecule has 100 valence electrons. The van der Waals surface area contributed by atoms with Crippen LogP contribution in [0.1, 0.15) is 15.9 Å². The number of carbonyl (C=O) groups is 1. The first kappa shape index (κ1) is 14.6. The Bertz CT molecular complexity index is 465. The Balaban J connectivity index is 3.27. The molecule has 0 amide bonds. The quantitative estimate of drug-likeness (QED) is 0.609. The summed E-state index contributed by atoms with van der Waals surface area (Å²) >= 11 is 4.90. The predicted molar refractivity (Wildman–Crippen MR) is 48.3 cm³/mol. The van der Waals surface area contributed by atoms with Gasteiger partial charge in [0.2, 0.25) is 0 Å². The SMILES string of the molecule is O=C(Cl)c1ccc(OC(F)(F)F)cc1C(F)(F)F. The Morgan fingerprint density at radius 1 is 1.11 bits per heavy atom. The van der Waals surface area contributed by atoms with Gasteiger partial charge in [0.05, 0.1) is 5.56 Å². The summed E-state index contributed by atoms with van der Waals surface area (Å²) in [5.41, 5.74) is -2.54. The van der Waals surface area contributed by atoms with Gasteiger partial charge in [0, 0.05) is 5.56 Å². The van der Waals surface area contributed by atoms with Crippen molar-refractivity contribution in [2.75, 3.05) is 0 Å². The Kier molecular flexibility index (Phi) is 3.80. The zero-order chi connectivity index (χ0) is 14.1. The van der Waals surface area contributed by atoms with Gasteiger partial charge >= 0.3 is 12.5 Å². The van der Waals surface area contributed by atoms with Crippen LogP contribution in [0.4, 0.5) is 26.3 Å². The number of ether oxygens (including phenoxy) is 1. The number of benzene rings is 1. The Morgan fingerprint density at radius 3 is 2.06 bits per heavy atom. The molecule has 0 unspecified atom stereocenters. The number of halogens is 7. The predicted octanol–water partition coefficient (Wildman–Crippen LogP) is 3.98. The average Bonchev–Trinajstić information content (AvgIpc) is 2.13. The van der Waals surface area contributed by atoms with Gasteiger partial charge < -0.3 is 4.74 Å². The van der Waals surface area contributed by atoms with Gasteiger partial charge in [-0.3, -0.25) is 4.79 Å².